The van der Waals surface area contributed by atoms with E-state index >= 15 is 0 Å². The van der Waals surface area contributed by atoms with Crippen LogP contribution in [-0.2, 0) is 0 Å². The van der Waals surface area contributed by atoms with Gasteiger partial charge in [0, 0.05) is 28.6 Å². The largest absolute Gasteiger partial charge is 0.493 e. The second-order valence-electron chi connectivity index (χ2n) is 9.57. The summed E-state index contributed by atoms with van der Waals surface area (Å²) in [7, 11) is 1.58. The zero-order valence-electron chi connectivity index (χ0n) is 22.6. The van der Waals surface area contributed by atoms with Crippen LogP contribution in [0.4, 0.5) is 17.3 Å². The van der Waals surface area contributed by atoms with Crippen molar-refractivity contribution in [2.75, 3.05) is 30.9 Å². The number of anilines is 3. The van der Waals surface area contributed by atoms with Gasteiger partial charge in [0.1, 0.15) is 24.2 Å². The van der Waals surface area contributed by atoms with Crippen LogP contribution in [0.25, 0.3) is 10.9 Å². The first-order chi connectivity index (χ1) is 19.3. The monoisotopic (exact) mass is 564 g/mol. The topological polar surface area (TPSA) is 131 Å². The van der Waals surface area contributed by atoms with Gasteiger partial charge in [0.05, 0.1) is 31.1 Å². The Kier molecular flexibility index (Phi) is 10.1. The molecule has 4 N–H and O–H groups in total. The third-order valence-corrected chi connectivity index (χ3v) is 6.16. The maximum atomic E-state index is 12.5. The van der Waals surface area contributed by atoms with Gasteiger partial charge >= 0.3 is 0 Å². The van der Waals surface area contributed by atoms with Crippen LogP contribution in [0.2, 0.25) is 5.02 Å². The van der Waals surface area contributed by atoms with Crippen molar-refractivity contribution in [1.29, 1.82) is 0 Å². The van der Waals surface area contributed by atoms with Gasteiger partial charge in [-0.2, -0.15) is 0 Å². The maximum absolute atomic E-state index is 12.5. The third kappa shape index (κ3) is 8.01. The van der Waals surface area contributed by atoms with E-state index in [-0.39, 0.29) is 5.91 Å². The van der Waals surface area contributed by atoms with Gasteiger partial charge in [0.2, 0.25) is 0 Å². The molecule has 0 radical (unpaired) electrons. The molecule has 210 valence electrons. The standard InChI is InChI=1S/C29H33ClN6O4/c1-18(2)12-27(37)31-10-5-11-40-25-15-23-22(14-24(25)39-3)28(34-17-33-23)35-21-8-9-26(32-16-21)36-29(38)19-6-4-7-20(30)13-19/h4,6-9,13-18,27,31,37H,5,10-12H2,1-3H3,(H,32,36,38)(H,33,34,35). The lowest BCUT2D eigenvalue weighted by atomic mass is 10.1. The molecule has 4 aromatic rings. The summed E-state index contributed by atoms with van der Waals surface area (Å²) in [6.07, 6.45) is 3.97. The first kappa shape index (κ1) is 29.0. The van der Waals surface area contributed by atoms with Crippen molar-refractivity contribution < 1.29 is 19.4 Å². The summed E-state index contributed by atoms with van der Waals surface area (Å²) < 4.78 is 11.5. The Morgan fingerprint density at radius 3 is 2.65 bits per heavy atom. The highest BCUT2D eigenvalue weighted by atomic mass is 35.5. The van der Waals surface area contributed by atoms with Crippen molar-refractivity contribution in [1.82, 2.24) is 20.3 Å². The number of rotatable bonds is 13. The van der Waals surface area contributed by atoms with Crippen LogP contribution in [0.3, 0.4) is 0 Å². The number of carbonyl (C=O) groups is 1. The van der Waals surface area contributed by atoms with Gasteiger partial charge < -0.3 is 25.2 Å². The van der Waals surface area contributed by atoms with E-state index in [0.717, 1.165) is 11.8 Å². The number of aliphatic hydroxyl groups excluding tert-OH is 1. The molecule has 0 saturated carbocycles. The van der Waals surface area contributed by atoms with Gasteiger partial charge in [-0.1, -0.05) is 31.5 Å². The molecule has 0 spiro atoms. The lowest BCUT2D eigenvalue weighted by Crippen LogP contribution is -2.31. The Bertz CT molecular complexity index is 1430. The Hall–Kier alpha value is -3.99. The summed E-state index contributed by atoms with van der Waals surface area (Å²) in [5, 5.41) is 20.3. The fourth-order valence-corrected chi connectivity index (χ4v) is 4.18. The number of halogens is 1. The number of nitrogens with zero attached hydrogens (tertiary/aromatic N) is 3. The molecular weight excluding hydrogens is 532 g/mol. The van der Waals surface area contributed by atoms with Crippen molar-refractivity contribution in [3.05, 3.63) is 71.6 Å². The smallest absolute Gasteiger partial charge is 0.256 e. The number of aliphatic hydroxyl groups is 1. The average Bonchev–Trinajstić information content (AvgIpc) is 2.93. The summed E-state index contributed by atoms with van der Waals surface area (Å²) in [6, 6.07) is 13.8. The minimum Gasteiger partial charge on any atom is -0.493 e. The van der Waals surface area contributed by atoms with Crippen molar-refractivity contribution in [2.24, 2.45) is 5.92 Å². The first-order valence-corrected chi connectivity index (χ1v) is 13.4. The number of benzene rings is 2. The van der Waals surface area contributed by atoms with Gasteiger partial charge in [-0.15, -0.1) is 0 Å². The summed E-state index contributed by atoms with van der Waals surface area (Å²) in [6.45, 7) is 5.23. The highest BCUT2D eigenvalue weighted by Gasteiger charge is 2.13. The van der Waals surface area contributed by atoms with E-state index in [2.05, 4.69) is 44.7 Å². The summed E-state index contributed by atoms with van der Waals surface area (Å²) >= 11 is 5.98. The molecule has 1 atom stereocenters. The summed E-state index contributed by atoms with van der Waals surface area (Å²) in [4.78, 5) is 25.6. The molecule has 40 heavy (non-hydrogen) atoms. The SMILES string of the molecule is COc1cc2c(Nc3ccc(NC(=O)c4cccc(Cl)c4)nc3)ncnc2cc1OCCCNC(O)CC(C)C. The maximum Gasteiger partial charge on any atom is 0.256 e. The molecule has 0 bridgehead atoms. The lowest BCUT2D eigenvalue weighted by molar-refractivity contribution is 0.102. The first-order valence-electron chi connectivity index (χ1n) is 13.0. The molecule has 2 aromatic heterocycles. The van der Waals surface area contributed by atoms with Gasteiger partial charge in [0.25, 0.3) is 5.91 Å². The number of methoxy groups -OCH3 is 1. The Labute approximate surface area is 238 Å². The second-order valence-corrected chi connectivity index (χ2v) is 10.0. The molecule has 2 heterocycles. The molecule has 0 aliphatic carbocycles. The molecule has 0 fully saturated rings. The lowest BCUT2D eigenvalue weighted by Gasteiger charge is -2.16. The number of fused-ring (bicyclic) bond motifs is 1. The van der Waals surface area contributed by atoms with Crippen LogP contribution in [0.1, 0.15) is 37.0 Å². The van der Waals surface area contributed by atoms with Crippen LogP contribution in [0.5, 0.6) is 11.5 Å². The van der Waals surface area contributed by atoms with Crippen LogP contribution in [0.15, 0.2) is 61.1 Å². The fourth-order valence-electron chi connectivity index (χ4n) is 3.99. The van der Waals surface area contributed by atoms with Crippen LogP contribution < -0.4 is 25.4 Å². The van der Waals surface area contributed by atoms with E-state index in [1.165, 1.54) is 6.33 Å². The number of nitrogens with one attached hydrogen (secondary N) is 3. The number of pyridine rings is 1. The summed E-state index contributed by atoms with van der Waals surface area (Å²) in [5.74, 6) is 2.21. The number of aromatic nitrogens is 3. The predicted molar refractivity (Wildman–Crippen MR) is 157 cm³/mol. The molecule has 1 amide bonds. The van der Waals surface area contributed by atoms with Gasteiger partial charge in [-0.25, -0.2) is 15.0 Å². The van der Waals surface area contributed by atoms with Gasteiger partial charge in [-0.05, 0) is 55.2 Å². The molecular formula is C29H33ClN6O4. The van der Waals surface area contributed by atoms with Crippen molar-refractivity contribution in [3.8, 4) is 11.5 Å². The Balaban J connectivity index is 1.39. The highest BCUT2D eigenvalue weighted by Crippen LogP contribution is 2.34. The van der Waals surface area contributed by atoms with E-state index in [0.29, 0.717) is 70.4 Å². The van der Waals surface area contributed by atoms with E-state index in [1.807, 2.05) is 12.1 Å². The quantitative estimate of drug-likeness (QED) is 0.124. The van der Waals surface area contributed by atoms with Crippen molar-refractivity contribution in [2.45, 2.75) is 32.9 Å². The minimum atomic E-state index is -0.517. The second kappa shape index (κ2) is 13.9. The molecule has 10 nitrogen and oxygen atoms in total. The normalized spacial score (nSPS) is 11.8. The van der Waals surface area contributed by atoms with Gasteiger partial charge in [-0.3, -0.25) is 10.1 Å². The average molecular weight is 565 g/mol. The molecule has 11 heteroatoms. The third-order valence-electron chi connectivity index (χ3n) is 5.93. The highest BCUT2D eigenvalue weighted by molar-refractivity contribution is 6.31. The van der Waals surface area contributed by atoms with Crippen LogP contribution >= 0.6 is 11.6 Å². The molecule has 2 aromatic carbocycles. The summed E-state index contributed by atoms with van der Waals surface area (Å²) in [5.41, 5.74) is 1.79. The number of hydrogen-bond acceptors (Lipinski definition) is 9. The number of carbonyl (C=O) groups excluding carboxylic acids is 1. The zero-order valence-corrected chi connectivity index (χ0v) is 23.4. The minimum absolute atomic E-state index is 0.303. The Morgan fingerprint density at radius 2 is 1.93 bits per heavy atom. The molecule has 0 aliphatic rings. The van der Waals surface area contributed by atoms with Crippen molar-refractivity contribution in [3.63, 3.8) is 0 Å². The molecule has 1 unspecified atom stereocenters. The van der Waals surface area contributed by atoms with E-state index in [4.69, 9.17) is 21.1 Å². The Morgan fingerprint density at radius 1 is 1.07 bits per heavy atom. The van der Waals surface area contributed by atoms with Crippen LogP contribution in [-0.4, -0.2) is 52.5 Å². The number of amides is 1. The fraction of sp³-hybridized carbons (Fsp3) is 0.310. The van der Waals surface area contributed by atoms with Crippen LogP contribution in [0, 0.1) is 5.92 Å². The van der Waals surface area contributed by atoms with E-state index < -0.39 is 6.23 Å². The molecule has 4 rings (SSSR count). The molecule has 0 saturated heterocycles. The number of hydrogen-bond donors (Lipinski definition) is 4. The number of ether oxygens (including phenoxy) is 2. The van der Waals surface area contributed by atoms with E-state index in [9.17, 15) is 9.90 Å². The van der Waals surface area contributed by atoms with Gasteiger partial charge in [0.15, 0.2) is 11.5 Å². The van der Waals surface area contributed by atoms with Crippen molar-refractivity contribution >= 4 is 45.7 Å². The zero-order chi connectivity index (χ0) is 28.5. The predicted octanol–water partition coefficient (Wildman–Crippen LogP) is 5.41. The molecule has 0 aliphatic heterocycles. The van der Waals surface area contributed by atoms with E-state index in [1.54, 1.807) is 49.7 Å².